The molecule has 2 aromatic carbocycles. The maximum Gasteiger partial charge on any atom is 0.277 e. The molecule has 5 rings (SSSR count). The molecule has 0 spiro atoms. The predicted molar refractivity (Wildman–Crippen MR) is 133 cm³/mol. The van der Waals surface area contributed by atoms with Crippen LogP contribution in [0.15, 0.2) is 53.3 Å². The van der Waals surface area contributed by atoms with Gasteiger partial charge in [0.05, 0.1) is 18.8 Å². The lowest BCUT2D eigenvalue weighted by Crippen LogP contribution is -2.47. The van der Waals surface area contributed by atoms with Gasteiger partial charge in [-0.25, -0.2) is 9.37 Å². The Balaban J connectivity index is 1.36. The van der Waals surface area contributed by atoms with Gasteiger partial charge in [0.25, 0.3) is 11.3 Å². The number of H-pyrrole nitrogens is 1. The molecule has 0 amide bonds. The molecule has 182 valence electrons. The third-order valence-corrected chi connectivity index (χ3v) is 6.82. The van der Waals surface area contributed by atoms with Gasteiger partial charge in [0, 0.05) is 49.9 Å². The summed E-state index contributed by atoms with van der Waals surface area (Å²) in [6.07, 6.45) is 0.141. The van der Waals surface area contributed by atoms with Gasteiger partial charge in [0.2, 0.25) is 0 Å². The van der Waals surface area contributed by atoms with Gasteiger partial charge in [-0.3, -0.25) is 14.8 Å². The number of para-hydroxylation sites is 1. The largest absolute Gasteiger partial charge is 0.497 e. The summed E-state index contributed by atoms with van der Waals surface area (Å²) in [5.41, 5.74) is 2.37. The van der Waals surface area contributed by atoms with Crippen LogP contribution in [-0.4, -0.2) is 57.8 Å². The Hall–Kier alpha value is -3.72. The van der Waals surface area contributed by atoms with Crippen molar-refractivity contribution in [3.05, 3.63) is 87.3 Å². The van der Waals surface area contributed by atoms with Crippen molar-refractivity contribution < 1.29 is 9.13 Å². The third kappa shape index (κ3) is 4.51. The lowest BCUT2D eigenvalue weighted by Gasteiger charge is -2.38. The second-order valence-electron chi connectivity index (χ2n) is 8.89. The lowest BCUT2D eigenvalue weighted by molar-refractivity contribution is 0.192. The van der Waals surface area contributed by atoms with Gasteiger partial charge in [0.1, 0.15) is 17.4 Å². The molecule has 1 N–H and O–H groups in total. The number of rotatable bonds is 6. The van der Waals surface area contributed by atoms with Gasteiger partial charge in [-0.2, -0.15) is 9.50 Å². The van der Waals surface area contributed by atoms with Gasteiger partial charge in [0.15, 0.2) is 0 Å². The van der Waals surface area contributed by atoms with Gasteiger partial charge in [-0.15, -0.1) is 0 Å². The number of methoxy groups -OCH3 is 1. The molecule has 0 radical (unpaired) electrons. The number of hydrogen-bond acceptors (Lipinski definition) is 6. The van der Waals surface area contributed by atoms with Crippen LogP contribution in [0.25, 0.3) is 5.78 Å². The summed E-state index contributed by atoms with van der Waals surface area (Å²) in [6.45, 7) is 7.46. The zero-order valence-corrected chi connectivity index (χ0v) is 20.2. The SMILES string of the molecule is COc1ccc(Cc2c(C)nc3nc(C(C)N4CCN(c5ccccc5)CC4)[nH]n3c2=O)c(F)c1. The predicted octanol–water partition coefficient (Wildman–Crippen LogP) is 3.35. The molecule has 1 fully saturated rings. The number of ether oxygens (including phenoxy) is 1. The van der Waals surface area contributed by atoms with Crippen LogP contribution in [0.5, 0.6) is 5.75 Å². The van der Waals surface area contributed by atoms with Crippen LogP contribution in [0.1, 0.15) is 35.6 Å². The summed E-state index contributed by atoms with van der Waals surface area (Å²) in [6, 6.07) is 15.1. The average Bonchev–Trinajstić information content (AvgIpc) is 3.31. The van der Waals surface area contributed by atoms with E-state index < -0.39 is 5.82 Å². The molecule has 8 nitrogen and oxygen atoms in total. The molecule has 1 aliphatic rings. The molecule has 4 aromatic rings. The van der Waals surface area contributed by atoms with Crippen molar-refractivity contribution in [2.75, 3.05) is 38.2 Å². The summed E-state index contributed by atoms with van der Waals surface area (Å²) < 4.78 is 21.0. The Morgan fingerprint density at radius 2 is 1.83 bits per heavy atom. The quantitative estimate of drug-likeness (QED) is 0.460. The molecule has 1 unspecified atom stereocenters. The topological polar surface area (TPSA) is 78.8 Å². The molecule has 9 heteroatoms. The number of aromatic nitrogens is 4. The molecule has 1 saturated heterocycles. The summed E-state index contributed by atoms with van der Waals surface area (Å²) >= 11 is 0. The summed E-state index contributed by atoms with van der Waals surface area (Å²) in [5, 5.41) is 3.15. The Morgan fingerprint density at radius 1 is 1.09 bits per heavy atom. The number of anilines is 1. The third-order valence-electron chi connectivity index (χ3n) is 6.82. The van der Waals surface area contributed by atoms with Crippen LogP contribution in [0, 0.1) is 12.7 Å². The van der Waals surface area contributed by atoms with Crippen molar-refractivity contribution in [2.24, 2.45) is 0 Å². The minimum Gasteiger partial charge on any atom is -0.497 e. The van der Waals surface area contributed by atoms with E-state index in [0.29, 0.717) is 34.2 Å². The number of nitrogens with one attached hydrogen (secondary N) is 1. The van der Waals surface area contributed by atoms with E-state index in [-0.39, 0.29) is 18.0 Å². The Labute approximate surface area is 203 Å². The minimum absolute atomic E-state index is 0.00295. The smallest absolute Gasteiger partial charge is 0.277 e. The standard InChI is InChI=1S/C26H29FN6O2/c1-17-22(15-19-9-10-21(35-3)16-23(19)27)25(34)33-26(28-17)29-24(30-33)18(2)31-11-13-32(14-12-31)20-7-5-4-6-8-20/h4-10,16,18H,11-15H2,1-3H3,(H,28,29,30). The van der Waals surface area contributed by atoms with E-state index in [1.807, 2.05) is 6.07 Å². The van der Waals surface area contributed by atoms with Crippen LogP contribution in [0.4, 0.5) is 10.1 Å². The Bertz CT molecular complexity index is 1390. The zero-order chi connectivity index (χ0) is 24.5. The number of aromatic amines is 1. The fourth-order valence-corrected chi connectivity index (χ4v) is 4.63. The van der Waals surface area contributed by atoms with Crippen LogP contribution < -0.4 is 15.2 Å². The number of piperazine rings is 1. The number of aryl methyl sites for hydroxylation is 1. The number of nitrogens with zero attached hydrogens (tertiary/aromatic N) is 5. The molecular weight excluding hydrogens is 447 g/mol. The van der Waals surface area contributed by atoms with Crippen molar-refractivity contribution in [3.8, 4) is 5.75 Å². The molecule has 35 heavy (non-hydrogen) atoms. The van der Waals surface area contributed by atoms with Crippen LogP contribution >= 0.6 is 0 Å². The van der Waals surface area contributed by atoms with Gasteiger partial charge in [-0.1, -0.05) is 24.3 Å². The highest BCUT2D eigenvalue weighted by molar-refractivity contribution is 5.46. The van der Waals surface area contributed by atoms with E-state index in [1.54, 1.807) is 19.1 Å². The Kier molecular flexibility index (Phi) is 6.25. The highest BCUT2D eigenvalue weighted by Gasteiger charge is 2.25. The maximum absolute atomic E-state index is 14.5. The van der Waals surface area contributed by atoms with Crippen molar-refractivity contribution in [1.82, 2.24) is 24.5 Å². The highest BCUT2D eigenvalue weighted by atomic mass is 19.1. The van der Waals surface area contributed by atoms with E-state index in [4.69, 9.17) is 4.74 Å². The van der Waals surface area contributed by atoms with E-state index >= 15 is 0 Å². The summed E-state index contributed by atoms with van der Waals surface area (Å²) in [7, 11) is 1.49. The van der Waals surface area contributed by atoms with Gasteiger partial charge in [-0.05, 0) is 37.6 Å². The lowest BCUT2D eigenvalue weighted by atomic mass is 10.0. The van der Waals surface area contributed by atoms with Crippen LogP contribution in [0.2, 0.25) is 0 Å². The summed E-state index contributed by atoms with van der Waals surface area (Å²) in [4.78, 5) is 27.2. The van der Waals surface area contributed by atoms with Crippen LogP contribution in [0.3, 0.4) is 0 Å². The van der Waals surface area contributed by atoms with E-state index in [1.165, 1.54) is 23.4 Å². The van der Waals surface area contributed by atoms with Gasteiger partial charge >= 0.3 is 0 Å². The second kappa shape index (κ2) is 9.50. The second-order valence-corrected chi connectivity index (χ2v) is 8.89. The fraction of sp³-hybridized carbons (Fsp3) is 0.346. The monoisotopic (exact) mass is 476 g/mol. The molecule has 0 bridgehead atoms. The molecule has 0 saturated carbocycles. The number of fused-ring (bicyclic) bond motifs is 1. The Morgan fingerprint density at radius 3 is 2.51 bits per heavy atom. The number of halogens is 1. The molecule has 0 aliphatic carbocycles. The highest BCUT2D eigenvalue weighted by Crippen LogP contribution is 2.23. The van der Waals surface area contributed by atoms with E-state index in [2.05, 4.69) is 56.1 Å². The summed E-state index contributed by atoms with van der Waals surface area (Å²) in [5.74, 6) is 1.04. The molecule has 1 aliphatic heterocycles. The van der Waals surface area contributed by atoms with E-state index in [9.17, 15) is 9.18 Å². The average molecular weight is 477 g/mol. The van der Waals surface area contributed by atoms with Gasteiger partial charge < -0.3 is 9.64 Å². The van der Waals surface area contributed by atoms with Crippen molar-refractivity contribution >= 4 is 11.5 Å². The van der Waals surface area contributed by atoms with Crippen molar-refractivity contribution in [1.29, 1.82) is 0 Å². The molecule has 3 heterocycles. The molecule has 1 atom stereocenters. The first-order valence-electron chi connectivity index (χ1n) is 11.8. The number of hydrogen-bond donors (Lipinski definition) is 1. The van der Waals surface area contributed by atoms with Crippen molar-refractivity contribution in [3.63, 3.8) is 0 Å². The minimum atomic E-state index is -0.415. The van der Waals surface area contributed by atoms with E-state index in [0.717, 1.165) is 26.2 Å². The molecular formula is C26H29FN6O2. The van der Waals surface area contributed by atoms with Crippen LogP contribution in [-0.2, 0) is 6.42 Å². The first-order valence-corrected chi connectivity index (χ1v) is 11.8. The zero-order valence-electron chi connectivity index (χ0n) is 20.2. The normalized spacial score (nSPS) is 15.5. The first-order chi connectivity index (χ1) is 16.9. The maximum atomic E-state index is 14.5. The first kappa shape index (κ1) is 23.0. The van der Waals surface area contributed by atoms with Crippen molar-refractivity contribution in [2.45, 2.75) is 26.3 Å². The fourth-order valence-electron chi connectivity index (χ4n) is 4.63. The molecule has 2 aromatic heterocycles. The number of benzene rings is 2.